The van der Waals surface area contributed by atoms with E-state index in [9.17, 15) is 13.6 Å². The standard InChI is InChI=1S/C22H23F2N5O2S/c1-28-21(14-4-5-16(25-12-14)6-9-29-7-2-3-8-29)26-27-22(28)32-20-17(23)10-15(11-18(20)24)19(31)13-30/h4-5,10-12,30H,2-3,6-9,13H2,1H3. The minimum absolute atomic E-state index is 0.221. The maximum Gasteiger partial charge on any atom is 0.196 e. The van der Waals surface area contributed by atoms with Crippen molar-refractivity contribution in [3.05, 3.63) is 53.4 Å². The summed E-state index contributed by atoms with van der Waals surface area (Å²) in [5.41, 5.74) is 1.53. The second kappa shape index (κ2) is 9.85. The molecule has 1 saturated heterocycles. The van der Waals surface area contributed by atoms with Gasteiger partial charge in [-0.3, -0.25) is 9.78 Å². The molecule has 0 atom stereocenters. The summed E-state index contributed by atoms with van der Waals surface area (Å²) >= 11 is 0.776. The van der Waals surface area contributed by atoms with Gasteiger partial charge in [0.05, 0.1) is 4.90 Å². The SMILES string of the molecule is Cn1c(Sc2c(F)cc(C(=O)CO)cc2F)nnc1-c1ccc(CCN2CCCC2)nc1. The zero-order valence-electron chi connectivity index (χ0n) is 17.6. The molecule has 3 heterocycles. The predicted molar refractivity (Wildman–Crippen MR) is 116 cm³/mol. The van der Waals surface area contributed by atoms with Gasteiger partial charge in [0.25, 0.3) is 0 Å². The third-order valence-electron chi connectivity index (χ3n) is 5.46. The number of hydrogen-bond acceptors (Lipinski definition) is 7. The van der Waals surface area contributed by atoms with Gasteiger partial charge in [-0.15, -0.1) is 10.2 Å². The van der Waals surface area contributed by atoms with E-state index in [-0.39, 0.29) is 15.6 Å². The molecule has 0 bridgehead atoms. The van der Waals surface area contributed by atoms with Gasteiger partial charge in [0.15, 0.2) is 16.8 Å². The fourth-order valence-electron chi connectivity index (χ4n) is 3.64. The Hall–Kier alpha value is -2.69. The van der Waals surface area contributed by atoms with E-state index in [1.165, 1.54) is 12.8 Å². The first kappa shape index (κ1) is 22.5. The first-order chi connectivity index (χ1) is 15.5. The number of aliphatic hydroxyl groups excluding tert-OH is 1. The van der Waals surface area contributed by atoms with Crippen LogP contribution in [0.3, 0.4) is 0 Å². The lowest BCUT2D eigenvalue weighted by atomic mass is 10.1. The summed E-state index contributed by atoms with van der Waals surface area (Å²) in [6.07, 6.45) is 5.14. The lowest BCUT2D eigenvalue weighted by Gasteiger charge is -2.13. The Morgan fingerprint density at radius 2 is 1.88 bits per heavy atom. The van der Waals surface area contributed by atoms with Crippen molar-refractivity contribution in [2.24, 2.45) is 7.05 Å². The van der Waals surface area contributed by atoms with Crippen LogP contribution in [0.15, 0.2) is 40.5 Å². The quantitative estimate of drug-likeness (QED) is 0.518. The van der Waals surface area contributed by atoms with Gasteiger partial charge in [0.2, 0.25) is 0 Å². The van der Waals surface area contributed by atoms with Crippen LogP contribution in [0.2, 0.25) is 0 Å². The Morgan fingerprint density at radius 1 is 1.16 bits per heavy atom. The number of nitrogens with zero attached hydrogens (tertiary/aromatic N) is 5. The Morgan fingerprint density at radius 3 is 2.50 bits per heavy atom. The lowest BCUT2D eigenvalue weighted by molar-refractivity contribution is 0.0902. The molecule has 1 aliphatic rings. The molecule has 0 radical (unpaired) electrons. The highest BCUT2D eigenvalue weighted by Gasteiger charge is 2.20. The van der Waals surface area contributed by atoms with Crippen LogP contribution < -0.4 is 0 Å². The molecule has 1 aromatic carbocycles. The molecule has 0 amide bonds. The van der Waals surface area contributed by atoms with Crippen LogP contribution in [0, 0.1) is 11.6 Å². The molecular formula is C22H23F2N5O2S. The van der Waals surface area contributed by atoms with Gasteiger partial charge in [-0.2, -0.15) is 0 Å². The number of rotatable bonds is 8. The summed E-state index contributed by atoms with van der Waals surface area (Å²) in [6, 6.07) is 5.70. The van der Waals surface area contributed by atoms with Crippen molar-refractivity contribution in [3.63, 3.8) is 0 Å². The monoisotopic (exact) mass is 459 g/mol. The molecular weight excluding hydrogens is 436 g/mol. The van der Waals surface area contributed by atoms with Crippen LogP contribution in [0.4, 0.5) is 8.78 Å². The van der Waals surface area contributed by atoms with E-state index in [1.54, 1.807) is 17.8 Å². The summed E-state index contributed by atoms with van der Waals surface area (Å²) in [7, 11) is 1.71. The van der Waals surface area contributed by atoms with Crippen LogP contribution in [-0.4, -0.2) is 61.8 Å². The normalized spacial score (nSPS) is 14.2. The predicted octanol–water partition coefficient (Wildman–Crippen LogP) is 3.12. The molecule has 10 heteroatoms. The first-order valence-electron chi connectivity index (χ1n) is 10.3. The van der Waals surface area contributed by atoms with Crippen molar-refractivity contribution in [2.75, 3.05) is 26.2 Å². The Labute approximate surface area is 188 Å². The maximum absolute atomic E-state index is 14.4. The van der Waals surface area contributed by atoms with Gasteiger partial charge in [0, 0.05) is 43.0 Å². The molecule has 1 fully saturated rings. The van der Waals surface area contributed by atoms with Crippen molar-refractivity contribution in [2.45, 2.75) is 29.3 Å². The summed E-state index contributed by atoms with van der Waals surface area (Å²) in [5, 5.41) is 17.4. The number of carbonyl (C=O) groups is 1. The highest BCUT2D eigenvalue weighted by molar-refractivity contribution is 7.99. The second-order valence-corrected chi connectivity index (χ2v) is 8.63. The van der Waals surface area contributed by atoms with Crippen molar-refractivity contribution >= 4 is 17.5 Å². The van der Waals surface area contributed by atoms with E-state index in [4.69, 9.17) is 5.11 Å². The summed E-state index contributed by atoms with van der Waals surface area (Å²) in [6.45, 7) is 2.48. The lowest BCUT2D eigenvalue weighted by Crippen LogP contribution is -2.22. The number of ketones is 1. The van der Waals surface area contributed by atoms with E-state index in [2.05, 4.69) is 20.1 Å². The first-order valence-corrected chi connectivity index (χ1v) is 11.2. The summed E-state index contributed by atoms with van der Waals surface area (Å²) in [4.78, 5) is 18.2. The van der Waals surface area contributed by atoms with E-state index >= 15 is 0 Å². The van der Waals surface area contributed by atoms with E-state index in [0.717, 1.165) is 61.2 Å². The van der Waals surface area contributed by atoms with Crippen molar-refractivity contribution in [1.29, 1.82) is 0 Å². The van der Waals surface area contributed by atoms with Gasteiger partial charge in [-0.25, -0.2) is 8.78 Å². The highest BCUT2D eigenvalue weighted by Crippen LogP contribution is 2.33. The van der Waals surface area contributed by atoms with E-state index in [0.29, 0.717) is 5.82 Å². The zero-order chi connectivity index (χ0) is 22.7. The second-order valence-electron chi connectivity index (χ2n) is 7.65. The maximum atomic E-state index is 14.4. The number of Topliss-reactive ketones (excluding diaryl/α,β-unsaturated/α-hetero) is 1. The fraction of sp³-hybridized carbons (Fsp3) is 0.364. The van der Waals surface area contributed by atoms with E-state index in [1.807, 2.05) is 12.1 Å². The molecule has 0 aliphatic carbocycles. The number of halogens is 2. The van der Waals surface area contributed by atoms with E-state index < -0.39 is 24.0 Å². The zero-order valence-corrected chi connectivity index (χ0v) is 18.4. The van der Waals surface area contributed by atoms with Crippen LogP contribution in [-0.2, 0) is 13.5 Å². The third kappa shape index (κ3) is 4.87. The van der Waals surface area contributed by atoms with Gasteiger partial charge in [0.1, 0.15) is 18.2 Å². The van der Waals surface area contributed by atoms with Gasteiger partial charge < -0.3 is 14.6 Å². The minimum Gasteiger partial charge on any atom is -0.388 e. The van der Waals surface area contributed by atoms with Gasteiger partial charge in [-0.05, 0) is 62.0 Å². The third-order valence-corrected chi connectivity index (χ3v) is 6.59. The summed E-state index contributed by atoms with van der Waals surface area (Å²) in [5.74, 6) is -2.03. The van der Waals surface area contributed by atoms with Crippen molar-refractivity contribution in [1.82, 2.24) is 24.6 Å². The topological polar surface area (TPSA) is 84.1 Å². The van der Waals surface area contributed by atoms with Crippen molar-refractivity contribution < 1.29 is 18.7 Å². The smallest absolute Gasteiger partial charge is 0.196 e. The highest BCUT2D eigenvalue weighted by atomic mass is 32.2. The largest absolute Gasteiger partial charge is 0.388 e. The Kier molecular flexibility index (Phi) is 6.92. The number of carbonyl (C=O) groups excluding carboxylic acids is 1. The molecule has 32 heavy (non-hydrogen) atoms. The summed E-state index contributed by atoms with van der Waals surface area (Å²) < 4.78 is 30.5. The van der Waals surface area contributed by atoms with Gasteiger partial charge >= 0.3 is 0 Å². The van der Waals surface area contributed by atoms with Crippen molar-refractivity contribution in [3.8, 4) is 11.4 Å². The van der Waals surface area contributed by atoms with Crippen LogP contribution in [0.5, 0.6) is 0 Å². The average Bonchev–Trinajstić information content (AvgIpc) is 3.44. The Bertz CT molecular complexity index is 1090. The molecule has 1 aliphatic heterocycles. The molecule has 168 valence electrons. The molecule has 0 unspecified atom stereocenters. The molecule has 0 spiro atoms. The number of benzene rings is 1. The number of aromatic nitrogens is 4. The van der Waals surface area contributed by atoms with Crippen LogP contribution >= 0.6 is 11.8 Å². The number of likely N-dealkylation sites (tertiary alicyclic amines) is 1. The molecule has 4 rings (SSSR count). The average molecular weight is 460 g/mol. The molecule has 1 N–H and O–H groups in total. The molecule has 2 aromatic heterocycles. The molecule has 3 aromatic rings. The molecule has 0 saturated carbocycles. The van der Waals surface area contributed by atoms with Gasteiger partial charge in [-0.1, -0.05) is 0 Å². The van der Waals surface area contributed by atoms with Crippen LogP contribution in [0.1, 0.15) is 28.9 Å². The Balaban J connectivity index is 1.48. The molecule has 7 nitrogen and oxygen atoms in total. The number of aliphatic hydroxyl groups is 1. The number of pyridine rings is 1. The van der Waals surface area contributed by atoms with Crippen LogP contribution in [0.25, 0.3) is 11.4 Å². The number of hydrogen-bond donors (Lipinski definition) is 1. The fourth-order valence-corrected chi connectivity index (χ4v) is 4.44. The minimum atomic E-state index is -0.902.